The second kappa shape index (κ2) is 7.33. The number of nitrogens with zero attached hydrogens (tertiary/aromatic N) is 3. The maximum Gasteiger partial charge on any atom is 0.278 e. The van der Waals surface area contributed by atoms with Crippen molar-refractivity contribution in [3.05, 3.63) is 71.5 Å². The van der Waals surface area contributed by atoms with Gasteiger partial charge in [-0.15, -0.1) is 0 Å². The Morgan fingerprint density at radius 2 is 1.89 bits per heavy atom. The molecule has 0 saturated heterocycles. The van der Waals surface area contributed by atoms with Gasteiger partial charge in [-0.2, -0.15) is 5.10 Å². The molecule has 7 nitrogen and oxygen atoms in total. The number of phenols is 1. The van der Waals surface area contributed by atoms with Crippen molar-refractivity contribution in [1.82, 2.24) is 9.78 Å². The number of phenolic OH excluding ortho intramolecular Hbond substituents is 1. The van der Waals surface area contributed by atoms with Crippen LogP contribution in [0.2, 0.25) is 0 Å². The number of anilines is 1. The standard InChI is InChI=1S/C20H19N3O4/c1-22(2)15-6-4-5-13(9-15)20(26)23-12-14(11-21-23)19(25)17-10-16(27-3)7-8-18(17)24/h4-12,24H,1-3H3. The van der Waals surface area contributed by atoms with Crippen LogP contribution in [0.25, 0.3) is 0 Å². The summed E-state index contributed by atoms with van der Waals surface area (Å²) in [5.41, 5.74) is 1.60. The molecule has 0 spiro atoms. The van der Waals surface area contributed by atoms with Crippen molar-refractivity contribution in [2.45, 2.75) is 0 Å². The SMILES string of the molecule is COc1ccc(O)c(C(=O)c2cnn(C(=O)c3cccc(N(C)C)c3)c2)c1. The highest BCUT2D eigenvalue weighted by molar-refractivity contribution is 6.11. The topological polar surface area (TPSA) is 84.7 Å². The number of benzene rings is 2. The quantitative estimate of drug-likeness (QED) is 0.700. The maximum absolute atomic E-state index is 12.7. The summed E-state index contributed by atoms with van der Waals surface area (Å²) in [6.45, 7) is 0. The van der Waals surface area contributed by atoms with Crippen LogP contribution in [0.5, 0.6) is 11.5 Å². The minimum atomic E-state index is -0.451. The zero-order valence-electron chi connectivity index (χ0n) is 15.2. The number of hydrogen-bond donors (Lipinski definition) is 1. The van der Waals surface area contributed by atoms with E-state index in [1.807, 2.05) is 25.1 Å². The first-order valence-corrected chi connectivity index (χ1v) is 8.19. The summed E-state index contributed by atoms with van der Waals surface area (Å²) in [7, 11) is 5.24. The number of methoxy groups -OCH3 is 1. The summed E-state index contributed by atoms with van der Waals surface area (Å²) >= 11 is 0. The number of aromatic hydroxyl groups is 1. The van der Waals surface area contributed by atoms with Crippen molar-refractivity contribution in [3.63, 3.8) is 0 Å². The fourth-order valence-electron chi connectivity index (χ4n) is 2.58. The van der Waals surface area contributed by atoms with Gasteiger partial charge in [-0.25, -0.2) is 4.68 Å². The van der Waals surface area contributed by atoms with E-state index >= 15 is 0 Å². The van der Waals surface area contributed by atoms with Crippen molar-refractivity contribution in [1.29, 1.82) is 0 Å². The normalized spacial score (nSPS) is 10.5. The molecule has 3 aromatic rings. The third-order valence-electron chi connectivity index (χ3n) is 4.11. The summed E-state index contributed by atoms with van der Waals surface area (Å²) < 4.78 is 6.20. The summed E-state index contributed by atoms with van der Waals surface area (Å²) in [5.74, 6) is -0.529. The first-order valence-electron chi connectivity index (χ1n) is 8.19. The first-order chi connectivity index (χ1) is 12.9. The van der Waals surface area contributed by atoms with Gasteiger partial charge in [0, 0.05) is 31.5 Å². The van der Waals surface area contributed by atoms with Crippen LogP contribution in [0.1, 0.15) is 26.3 Å². The summed E-state index contributed by atoms with van der Waals surface area (Å²) in [4.78, 5) is 27.2. The second-order valence-electron chi connectivity index (χ2n) is 6.14. The summed E-state index contributed by atoms with van der Waals surface area (Å²) in [5, 5.41) is 14.0. The molecule has 1 N–H and O–H groups in total. The van der Waals surface area contributed by atoms with E-state index in [4.69, 9.17) is 4.74 Å². The highest BCUT2D eigenvalue weighted by Crippen LogP contribution is 2.25. The molecule has 0 radical (unpaired) electrons. The smallest absolute Gasteiger partial charge is 0.278 e. The van der Waals surface area contributed by atoms with Crippen molar-refractivity contribution in [2.75, 3.05) is 26.1 Å². The van der Waals surface area contributed by atoms with Crippen molar-refractivity contribution < 1.29 is 19.4 Å². The molecule has 27 heavy (non-hydrogen) atoms. The van der Waals surface area contributed by atoms with Gasteiger partial charge < -0.3 is 14.7 Å². The number of ether oxygens (including phenoxy) is 1. The number of hydrogen-bond acceptors (Lipinski definition) is 6. The molecule has 0 bridgehead atoms. The Bertz CT molecular complexity index is 1010. The van der Waals surface area contributed by atoms with Gasteiger partial charge in [0.05, 0.1) is 24.4 Å². The third kappa shape index (κ3) is 3.67. The van der Waals surface area contributed by atoms with E-state index < -0.39 is 5.78 Å². The van der Waals surface area contributed by atoms with Gasteiger partial charge in [-0.05, 0) is 36.4 Å². The molecule has 1 heterocycles. The lowest BCUT2D eigenvalue weighted by Gasteiger charge is -2.13. The largest absolute Gasteiger partial charge is 0.507 e. The molecule has 0 aliphatic heterocycles. The fraction of sp³-hybridized carbons (Fsp3) is 0.150. The van der Waals surface area contributed by atoms with Crippen LogP contribution in [-0.4, -0.2) is 47.8 Å². The predicted molar refractivity (Wildman–Crippen MR) is 101 cm³/mol. The second-order valence-corrected chi connectivity index (χ2v) is 6.14. The molecule has 0 aliphatic rings. The van der Waals surface area contributed by atoms with Crippen molar-refractivity contribution in [3.8, 4) is 11.5 Å². The molecule has 2 aromatic carbocycles. The van der Waals surface area contributed by atoms with Crippen LogP contribution >= 0.6 is 0 Å². The van der Waals surface area contributed by atoms with Crippen molar-refractivity contribution >= 4 is 17.4 Å². The van der Waals surface area contributed by atoms with Crippen LogP contribution in [0.4, 0.5) is 5.69 Å². The molecule has 0 aliphatic carbocycles. The summed E-state index contributed by atoms with van der Waals surface area (Å²) in [6.07, 6.45) is 2.65. The Morgan fingerprint density at radius 3 is 2.59 bits per heavy atom. The Balaban J connectivity index is 1.89. The molecule has 0 unspecified atom stereocenters. The van der Waals surface area contributed by atoms with Gasteiger partial charge in [0.2, 0.25) is 0 Å². The lowest BCUT2D eigenvalue weighted by Crippen LogP contribution is -2.14. The van der Waals surface area contributed by atoms with E-state index in [1.165, 1.54) is 31.6 Å². The Hall–Kier alpha value is -3.61. The van der Waals surface area contributed by atoms with Crippen LogP contribution in [-0.2, 0) is 0 Å². The lowest BCUT2D eigenvalue weighted by atomic mass is 10.1. The van der Waals surface area contributed by atoms with Gasteiger partial charge >= 0.3 is 0 Å². The number of carbonyl (C=O) groups is 2. The lowest BCUT2D eigenvalue weighted by molar-refractivity contribution is 0.0945. The van der Waals surface area contributed by atoms with Crippen LogP contribution in [0.3, 0.4) is 0 Å². The molecule has 0 saturated carbocycles. The van der Waals surface area contributed by atoms with Crippen LogP contribution < -0.4 is 9.64 Å². The van der Waals surface area contributed by atoms with E-state index in [1.54, 1.807) is 24.3 Å². The van der Waals surface area contributed by atoms with E-state index in [-0.39, 0.29) is 22.8 Å². The zero-order valence-corrected chi connectivity index (χ0v) is 15.2. The van der Waals surface area contributed by atoms with Gasteiger partial charge in [-0.1, -0.05) is 6.07 Å². The van der Waals surface area contributed by atoms with E-state index in [0.717, 1.165) is 10.4 Å². The predicted octanol–water partition coefficient (Wildman–Crippen LogP) is 2.58. The average molecular weight is 365 g/mol. The molecule has 1 aromatic heterocycles. The van der Waals surface area contributed by atoms with E-state index in [0.29, 0.717) is 11.3 Å². The Labute approximate surface area is 156 Å². The minimum Gasteiger partial charge on any atom is -0.507 e. The van der Waals surface area contributed by atoms with Crippen molar-refractivity contribution in [2.24, 2.45) is 0 Å². The molecular formula is C20H19N3O4. The fourth-order valence-corrected chi connectivity index (χ4v) is 2.58. The number of carbonyl (C=O) groups excluding carboxylic acids is 2. The maximum atomic E-state index is 12.7. The van der Waals surface area contributed by atoms with Crippen LogP contribution in [0.15, 0.2) is 54.9 Å². The Morgan fingerprint density at radius 1 is 1.11 bits per heavy atom. The monoisotopic (exact) mass is 365 g/mol. The average Bonchev–Trinajstić information content (AvgIpc) is 3.17. The molecular weight excluding hydrogens is 346 g/mol. The minimum absolute atomic E-state index is 0.0796. The molecule has 0 fully saturated rings. The first kappa shape index (κ1) is 18.2. The number of ketones is 1. The zero-order chi connectivity index (χ0) is 19.6. The van der Waals surface area contributed by atoms with Gasteiger partial charge in [0.1, 0.15) is 11.5 Å². The van der Waals surface area contributed by atoms with Gasteiger partial charge in [-0.3, -0.25) is 9.59 Å². The Kier molecular flexibility index (Phi) is 4.94. The van der Waals surface area contributed by atoms with E-state index in [2.05, 4.69) is 5.10 Å². The molecule has 3 rings (SSSR count). The highest BCUT2D eigenvalue weighted by atomic mass is 16.5. The number of rotatable bonds is 5. The molecule has 138 valence electrons. The van der Waals surface area contributed by atoms with Crippen LogP contribution in [0, 0.1) is 0 Å². The third-order valence-corrected chi connectivity index (χ3v) is 4.11. The summed E-state index contributed by atoms with van der Waals surface area (Å²) in [6, 6.07) is 11.5. The highest BCUT2D eigenvalue weighted by Gasteiger charge is 2.19. The van der Waals surface area contributed by atoms with Gasteiger partial charge in [0.15, 0.2) is 5.78 Å². The van der Waals surface area contributed by atoms with Gasteiger partial charge in [0.25, 0.3) is 5.91 Å². The van der Waals surface area contributed by atoms with E-state index in [9.17, 15) is 14.7 Å². The molecule has 0 atom stereocenters. The molecule has 0 amide bonds. The number of aromatic nitrogens is 2. The molecule has 7 heteroatoms.